The molecule has 1 unspecified atom stereocenters. The van der Waals surface area contributed by atoms with Crippen LogP contribution in [0.1, 0.15) is 38.7 Å². The van der Waals surface area contributed by atoms with Crippen LogP contribution in [0.25, 0.3) is 0 Å². The Kier molecular flexibility index (Phi) is 7.68. The van der Waals surface area contributed by atoms with Crippen molar-refractivity contribution in [2.45, 2.75) is 45.7 Å². The van der Waals surface area contributed by atoms with Crippen molar-refractivity contribution < 1.29 is 13.2 Å². The van der Waals surface area contributed by atoms with Gasteiger partial charge in [0, 0.05) is 31.1 Å². The highest BCUT2D eigenvalue weighted by Crippen LogP contribution is 2.29. The molecule has 1 heterocycles. The van der Waals surface area contributed by atoms with Crippen LogP contribution in [0, 0.1) is 5.92 Å². The Bertz CT molecular complexity index is 702. The van der Waals surface area contributed by atoms with E-state index in [1.807, 2.05) is 26.0 Å². The van der Waals surface area contributed by atoms with Crippen LogP contribution in [0.5, 0.6) is 5.88 Å². The summed E-state index contributed by atoms with van der Waals surface area (Å²) in [5, 5.41) is 6.44. The maximum absolute atomic E-state index is 11.3. The third-order valence-electron chi connectivity index (χ3n) is 4.03. The fourth-order valence-corrected chi connectivity index (χ4v) is 3.08. The molecule has 2 N–H and O–H groups in total. The average Bonchev–Trinajstić information content (AvgIpc) is 3.40. The van der Waals surface area contributed by atoms with E-state index in [9.17, 15) is 8.42 Å². The first-order chi connectivity index (χ1) is 12.4. The first-order valence-electron chi connectivity index (χ1n) is 9.16. The normalized spacial score (nSPS) is 16.2. The standard InChI is InChI=1S/C18H30N4O3S/c1-4-19-18(22-14(2)8-10-26(3,23)24)21-12-16-7-9-20-17(11-16)25-13-15-5-6-15/h7,9,11,14-15H,4-6,8,10,12-13H2,1-3H3,(H2,19,21,22). The van der Waals surface area contributed by atoms with Crippen LogP contribution in [0.15, 0.2) is 23.3 Å². The third-order valence-corrected chi connectivity index (χ3v) is 5.01. The van der Waals surface area contributed by atoms with Gasteiger partial charge in [-0.1, -0.05) is 0 Å². The quantitative estimate of drug-likeness (QED) is 0.473. The van der Waals surface area contributed by atoms with Crippen LogP contribution < -0.4 is 15.4 Å². The smallest absolute Gasteiger partial charge is 0.213 e. The fraction of sp³-hybridized carbons (Fsp3) is 0.667. The largest absolute Gasteiger partial charge is 0.477 e. The molecule has 8 heteroatoms. The van der Waals surface area contributed by atoms with Gasteiger partial charge in [0.15, 0.2) is 5.96 Å². The predicted molar refractivity (Wildman–Crippen MR) is 104 cm³/mol. The number of hydrogen-bond donors (Lipinski definition) is 2. The zero-order chi connectivity index (χ0) is 19.0. The average molecular weight is 383 g/mol. The summed E-state index contributed by atoms with van der Waals surface area (Å²) in [6.07, 6.45) is 6.03. The number of aromatic nitrogens is 1. The van der Waals surface area contributed by atoms with Crippen LogP contribution >= 0.6 is 0 Å². The van der Waals surface area contributed by atoms with Gasteiger partial charge in [-0.05, 0) is 50.7 Å². The number of hydrogen-bond acceptors (Lipinski definition) is 5. The Labute approximate surface area is 156 Å². The SMILES string of the molecule is CCNC(=NCc1ccnc(OCC2CC2)c1)NC(C)CCS(C)(=O)=O. The molecule has 1 atom stereocenters. The van der Waals surface area contributed by atoms with Crippen LogP contribution in [-0.4, -0.2) is 50.6 Å². The van der Waals surface area contributed by atoms with E-state index < -0.39 is 9.84 Å². The highest BCUT2D eigenvalue weighted by atomic mass is 32.2. The molecular weight excluding hydrogens is 352 g/mol. The summed E-state index contributed by atoms with van der Waals surface area (Å²) >= 11 is 0. The second-order valence-electron chi connectivity index (χ2n) is 6.92. The molecule has 1 aromatic rings. The summed E-state index contributed by atoms with van der Waals surface area (Å²) < 4.78 is 28.3. The van der Waals surface area contributed by atoms with E-state index in [4.69, 9.17) is 4.74 Å². The van der Waals surface area contributed by atoms with Gasteiger partial charge < -0.3 is 15.4 Å². The lowest BCUT2D eigenvalue weighted by Crippen LogP contribution is -2.42. The Hall–Kier alpha value is -1.83. The maximum Gasteiger partial charge on any atom is 0.213 e. The second-order valence-corrected chi connectivity index (χ2v) is 9.18. The summed E-state index contributed by atoms with van der Waals surface area (Å²) in [5.74, 6) is 2.17. The predicted octanol–water partition coefficient (Wildman–Crippen LogP) is 1.75. The molecular formula is C18H30N4O3S. The molecule has 1 aliphatic rings. The van der Waals surface area contributed by atoms with Gasteiger partial charge in [0.2, 0.25) is 5.88 Å². The lowest BCUT2D eigenvalue weighted by Gasteiger charge is -2.17. The van der Waals surface area contributed by atoms with Gasteiger partial charge in [0.25, 0.3) is 0 Å². The minimum absolute atomic E-state index is 0.0115. The molecule has 1 aromatic heterocycles. The third kappa shape index (κ3) is 8.51. The van der Waals surface area contributed by atoms with Crippen molar-refractivity contribution in [1.29, 1.82) is 0 Å². The van der Waals surface area contributed by atoms with E-state index >= 15 is 0 Å². The topological polar surface area (TPSA) is 92.7 Å². The van der Waals surface area contributed by atoms with Crippen molar-refractivity contribution in [2.24, 2.45) is 10.9 Å². The number of pyridine rings is 1. The first kappa shape index (κ1) is 20.5. The van der Waals surface area contributed by atoms with Gasteiger partial charge >= 0.3 is 0 Å². The zero-order valence-corrected chi connectivity index (χ0v) is 16.7. The lowest BCUT2D eigenvalue weighted by molar-refractivity contribution is 0.288. The molecule has 146 valence electrons. The zero-order valence-electron chi connectivity index (χ0n) is 15.9. The van der Waals surface area contributed by atoms with Gasteiger partial charge in [-0.2, -0.15) is 0 Å². The van der Waals surface area contributed by atoms with E-state index in [0.717, 1.165) is 18.7 Å². The van der Waals surface area contributed by atoms with Crippen LogP contribution in [-0.2, 0) is 16.4 Å². The van der Waals surface area contributed by atoms with Crippen molar-refractivity contribution in [2.75, 3.05) is 25.2 Å². The van der Waals surface area contributed by atoms with Crippen molar-refractivity contribution in [3.05, 3.63) is 23.9 Å². The van der Waals surface area contributed by atoms with E-state index in [2.05, 4.69) is 20.6 Å². The molecule has 1 aliphatic carbocycles. The summed E-state index contributed by atoms with van der Waals surface area (Å²) in [4.78, 5) is 8.82. The molecule has 0 aromatic carbocycles. The molecule has 0 spiro atoms. The van der Waals surface area contributed by atoms with Crippen molar-refractivity contribution in [3.63, 3.8) is 0 Å². The Morgan fingerprint density at radius 1 is 1.46 bits per heavy atom. The van der Waals surface area contributed by atoms with Gasteiger partial charge in [0.05, 0.1) is 18.9 Å². The highest BCUT2D eigenvalue weighted by Gasteiger charge is 2.22. The van der Waals surface area contributed by atoms with E-state index in [1.54, 1.807) is 6.20 Å². The fourth-order valence-electron chi connectivity index (χ4n) is 2.30. The van der Waals surface area contributed by atoms with E-state index in [0.29, 0.717) is 30.7 Å². The minimum atomic E-state index is -2.96. The van der Waals surface area contributed by atoms with Crippen LogP contribution in [0.3, 0.4) is 0 Å². The number of aliphatic imine (C=N–C) groups is 1. The van der Waals surface area contributed by atoms with Crippen molar-refractivity contribution in [1.82, 2.24) is 15.6 Å². The van der Waals surface area contributed by atoms with Gasteiger partial charge in [-0.3, -0.25) is 0 Å². The van der Waals surface area contributed by atoms with E-state index in [1.165, 1.54) is 19.1 Å². The molecule has 7 nitrogen and oxygen atoms in total. The first-order valence-corrected chi connectivity index (χ1v) is 11.2. The van der Waals surface area contributed by atoms with E-state index in [-0.39, 0.29) is 11.8 Å². The number of ether oxygens (including phenoxy) is 1. The maximum atomic E-state index is 11.3. The van der Waals surface area contributed by atoms with Crippen molar-refractivity contribution >= 4 is 15.8 Å². The second kappa shape index (κ2) is 9.75. The molecule has 1 fully saturated rings. The number of sulfone groups is 1. The number of nitrogens with zero attached hydrogens (tertiary/aromatic N) is 2. The molecule has 0 bridgehead atoms. The number of nitrogens with one attached hydrogen (secondary N) is 2. The molecule has 0 saturated heterocycles. The Balaban J connectivity index is 1.89. The number of guanidine groups is 1. The summed E-state index contributed by atoms with van der Waals surface area (Å²) in [5.41, 5.74) is 1.02. The molecule has 0 radical (unpaired) electrons. The van der Waals surface area contributed by atoms with Crippen molar-refractivity contribution in [3.8, 4) is 5.88 Å². The summed E-state index contributed by atoms with van der Waals surface area (Å²) in [6.45, 7) is 5.91. The monoisotopic (exact) mass is 382 g/mol. The molecule has 26 heavy (non-hydrogen) atoms. The summed E-state index contributed by atoms with van der Waals surface area (Å²) in [6, 6.07) is 3.85. The minimum Gasteiger partial charge on any atom is -0.477 e. The molecule has 1 saturated carbocycles. The van der Waals surface area contributed by atoms with Gasteiger partial charge in [-0.15, -0.1) is 0 Å². The number of rotatable bonds is 10. The Morgan fingerprint density at radius 2 is 2.23 bits per heavy atom. The molecule has 0 aliphatic heterocycles. The van der Waals surface area contributed by atoms with Gasteiger partial charge in [0.1, 0.15) is 9.84 Å². The van der Waals surface area contributed by atoms with Crippen LogP contribution in [0.4, 0.5) is 0 Å². The lowest BCUT2D eigenvalue weighted by atomic mass is 10.2. The highest BCUT2D eigenvalue weighted by molar-refractivity contribution is 7.90. The molecule has 0 amide bonds. The summed E-state index contributed by atoms with van der Waals surface area (Å²) in [7, 11) is -2.96. The Morgan fingerprint density at radius 3 is 2.88 bits per heavy atom. The molecule has 2 rings (SSSR count). The van der Waals surface area contributed by atoms with Crippen LogP contribution in [0.2, 0.25) is 0 Å². The van der Waals surface area contributed by atoms with Gasteiger partial charge in [-0.25, -0.2) is 18.4 Å².